The van der Waals surface area contributed by atoms with Gasteiger partial charge in [0.25, 0.3) is 0 Å². The van der Waals surface area contributed by atoms with Gasteiger partial charge in [-0.15, -0.1) is 0 Å². The molecule has 0 saturated carbocycles. The monoisotopic (exact) mass is 560 g/mol. The Morgan fingerprint density at radius 2 is 1.70 bits per heavy atom. The van der Waals surface area contributed by atoms with Gasteiger partial charge < -0.3 is 24.5 Å². The summed E-state index contributed by atoms with van der Waals surface area (Å²) in [6.07, 6.45) is -0.707. The van der Waals surface area contributed by atoms with Crippen LogP contribution in [0.25, 0.3) is 0 Å². The van der Waals surface area contributed by atoms with Crippen LogP contribution >= 0.6 is 11.8 Å². The van der Waals surface area contributed by atoms with Crippen LogP contribution in [0.5, 0.6) is 0 Å². The molecule has 0 aromatic heterocycles. The van der Waals surface area contributed by atoms with Crippen LogP contribution in [0.3, 0.4) is 0 Å². The first-order chi connectivity index (χ1) is 16.8. The fraction of sp³-hybridized carbons (Fsp3) is 0.846. The molecule has 214 valence electrons. The van der Waals surface area contributed by atoms with Crippen molar-refractivity contribution in [2.45, 2.75) is 111 Å². The normalized spacial score (nSPS) is 20.1. The van der Waals surface area contributed by atoms with Gasteiger partial charge in [-0.1, -0.05) is 46.4 Å². The summed E-state index contributed by atoms with van der Waals surface area (Å²) in [6, 6.07) is 0. The molecule has 1 fully saturated rings. The SMILES string of the molecule is C[C@H](CC(=O)CC(=O)SCCNC(=O)CCNC(=O)[C@@H]1OC(C)(C)OCC1(C)C)O[Si](C)(C)C(C)(C)C. The second-order valence-electron chi connectivity index (χ2n) is 12.4. The molecule has 0 aromatic rings. The molecule has 0 unspecified atom stereocenters. The van der Waals surface area contributed by atoms with E-state index >= 15 is 0 Å². The Kier molecular flexibility index (Phi) is 12.5. The summed E-state index contributed by atoms with van der Waals surface area (Å²) < 4.78 is 17.6. The highest BCUT2D eigenvalue weighted by Gasteiger charge is 2.45. The molecule has 0 radical (unpaired) electrons. The summed E-state index contributed by atoms with van der Waals surface area (Å²) in [7, 11) is -1.97. The molecule has 2 N–H and O–H groups in total. The fourth-order valence-corrected chi connectivity index (χ4v) is 5.62. The molecule has 0 bridgehead atoms. The molecular formula is C26H48N2O7SSi. The minimum Gasteiger partial charge on any atom is -0.414 e. The minimum absolute atomic E-state index is 0.0549. The highest BCUT2D eigenvalue weighted by molar-refractivity contribution is 8.13. The Hall–Kier alpha value is -1.27. The van der Waals surface area contributed by atoms with Crippen LogP contribution in [-0.4, -0.2) is 74.5 Å². The van der Waals surface area contributed by atoms with Crippen LogP contribution in [0.2, 0.25) is 18.1 Å². The Morgan fingerprint density at radius 1 is 1.08 bits per heavy atom. The number of amides is 2. The summed E-state index contributed by atoms with van der Waals surface area (Å²) in [5.41, 5.74) is -0.483. The first kappa shape index (κ1) is 33.8. The summed E-state index contributed by atoms with van der Waals surface area (Å²) in [4.78, 5) is 49.1. The van der Waals surface area contributed by atoms with Crippen molar-refractivity contribution in [3.8, 4) is 0 Å². The van der Waals surface area contributed by atoms with Gasteiger partial charge in [0.05, 0.1) is 13.0 Å². The Balaban J connectivity index is 2.25. The van der Waals surface area contributed by atoms with E-state index in [-0.39, 0.29) is 59.7 Å². The lowest BCUT2D eigenvalue weighted by Crippen LogP contribution is -2.56. The third-order valence-corrected chi connectivity index (χ3v) is 12.1. The molecule has 2 amide bonds. The minimum atomic E-state index is -1.97. The van der Waals surface area contributed by atoms with E-state index in [4.69, 9.17) is 13.9 Å². The van der Waals surface area contributed by atoms with Crippen LogP contribution in [0.15, 0.2) is 0 Å². The van der Waals surface area contributed by atoms with E-state index in [1.165, 1.54) is 0 Å². The molecule has 0 aliphatic carbocycles. The zero-order chi connectivity index (χ0) is 28.7. The molecule has 9 nitrogen and oxygen atoms in total. The predicted molar refractivity (Wildman–Crippen MR) is 149 cm³/mol. The summed E-state index contributed by atoms with van der Waals surface area (Å²) in [5.74, 6) is -1.11. The highest BCUT2D eigenvalue weighted by atomic mass is 32.2. The standard InChI is InChI=1S/C26H48N2O7SSi/c1-18(35-37(9,10)24(2,3)4)15-19(29)16-21(31)36-14-13-27-20(30)11-12-28-23(32)22-25(5,6)17-33-26(7,8)34-22/h18,22H,11-17H2,1-10H3,(H,27,30)(H,28,32)/t18-,22+/m1/s1. The van der Waals surface area contributed by atoms with Crippen LogP contribution in [-0.2, 0) is 33.1 Å². The van der Waals surface area contributed by atoms with Crippen LogP contribution in [0.1, 0.15) is 74.7 Å². The van der Waals surface area contributed by atoms with E-state index in [0.29, 0.717) is 18.9 Å². The van der Waals surface area contributed by atoms with Crippen molar-refractivity contribution in [2.24, 2.45) is 5.41 Å². The number of rotatable bonds is 13. The smallest absolute Gasteiger partial charge is 0.249 e. The van der Waals surface area contributed by atoms with Gasteiger partial charge >= 0.3 is 0 Å². The molecule has 1 aliphatic rings. The summed E-state index contributed by atoms with van der Waals surface area (Å²) in [5, 5.41) is 5.33. The lowest BCUT2D eigenvalue weighted by Gasteiger charge is -2.44. The van der Waals surface area contributed by atoms with Gasteiger partial charge in [-0.05, 0) is 38.9 Å². The van der Waals surface area contributed by atoms with Crippen LogP contribution in [0.4, 0.5) is 0 Å². The zero-order valence-electron chi connectivity index (χ0n) is 24.4. The molecule has 2 atom stereocenters. The number of carbonyl (C=O) groups is 4. The Bertz CT molecular complexity index is 824. The summed E-state index contributed by atoms with van der Waals surface area (Å²) >= 11 is 1.03. The topological polar surface area (TPSA) is 120 Å². The fourth-order valence-electron chi connectivity index (χ4n) is 3.48. The molecule has 0 spiro atoms. The molecular weight excluding hydrogens is 512 g/mol. The first-order valence-corrected chi connectivity index (χ1v) is 16.9. The average Bonchev–Trinajstić information content (AvgIpc) is 2.71. The molecule has 1 aliphatic heterocycles. The van der Waals surface area contributed by atoms with Gasteiger partial charge in [-0.25, -0.2) is 0 Å². The Labute approximate surface area is 228 Å². The van der Waals surface area contributed by atoms with Crippen LogP contribution in [0, 0.1) is 5.41 Å². The maximum absolute atomic E-state index is 12.6. The molecule has 11 heteroatoms. The predicted octanol–water partition coefficient (Wildman–Crippen LogP) is 3.81. The third kappa shape index (κ3) is 12.0. The number of ketones is 1. The van der Waals surface area contributed by atoms with Crippen molar-refractivity contribution in [3.05, 3.63) is 0 Å². The number of hydrogen-bond donors (Lipinski definition) is 2. The van der Waals surface area contributed by atoms with E-state index in [9.17, 15) is 19.2 Å². The molecule has 1 rings (SSSR count). The van der Waals surface area contributed by atoms with Crippen molar-refractivity contribution in [1.29, 1.82) is 0 Å². The van der Waals surface area contributed by atoms with Crippen molar-refractivity contribution in [2.75, 3.05) is 25.4 Å². The third-order valence-electron chi connectivity index (χ3n) is 6.64. The molecule has 0 aromatic carbocycles. The van der Waals surface area contributed by atoms with Gasteiger partial charge in [-0.2, -0.15) is 0 Å². The van der Waals surface area contributed by atoms with E-state index in [0.717, 1.165) is 11.8 Å². The number of thioether (sulfide) groups is 1. The number of Topliss-reactive ketones (excluding diaryl/α,β-unsaturated/α-hetero) is 1. The second kappa shape index (κ2) is 13.7. The van der Waals surface area contributed by atoms with E-state index in [2.05, 4.69) is 44.5 Å². The maximum Gasteiger partial charge on any atom is 0.249 e. The highest BCUT2D eigenvalue weighted by Crippen LogP contribution is 2.37. The van der Waals surface area contributed by atoms with E-state index in [1.54, 1.807) is 13.8 Å². The Morgan fingerprint density at radius 3 is 2.30 bits per heavy atom. The van der Waals surface area contributed by atoms with Crippen molar-refractivity contribution >= 4 is 42.8 Å². The van der Waals surface area contributed by atoms with Gasteiger partial charge in [-0.3, -0.25) is 19.2 Å². The molecule has 1 heterocycles. The quantitative estimate of drug-likeness (QED) is 0.198. The van der Waals surface area contributed by atoms with E-state index < -0.39 is 25.6 Å². The lowest BCUT2D eigenvalue weighted by molar-refractivity contribution is -0.304. The van der Waals surface area contributed by atoms with E-state index in [1.807, 2.05) is 20.8 Å². The zero-order valence-corrected chi connectivity index (χ0v) is 26.2. The maximum atomic E-state index is 12.6. The first-order valence-electron chi connectivity index (χ1n) is 13.0. The van der Waals surface area contributed by atoms with Gasteiger partial charge in [0.2, 0.25) is 11.8 Å². The van der Waals surface area contributed by atoms with Crippen molar-refractivity contribution < 1.29 is 33.1 Å². The average molecular weight is 561 g/mol. The second-order valence-corrected chi connectivity index (χ2v) is 18.3. The van der Waals surface area contributed by atoms with Crippen molar-refractivity contribution in [3.63, 3.8) is 0 Å². The lowest BCUT2D eigenvalue weighted by atomic mass is 9.85. The number of carbonyl (C=O) groups excluding carboxylic acids is 4. The van der Waals surface area contributed by atoms with Crippen LogP contribution < -0.4 is 10.6 Å². The van der Waals surface area contributed by atoms with Gasteiger partial charge in [0.15, 0.2) is 19.2 Å². The molecule has 37 heavy (non-hydrogen) atoms. The van der Waals surface area contributed by atoms with Crippen molar-refractivity contribution in [1.82, 2.24) is 10.6 Å². The van der Waals surface area contributed by atoms with Gasteiger partial charge in [0, 0.05) is 43.2 Å². The van der Waals surface area contributed by atoms with Gasteiger partial charge in [0.1, 0.15) is 11.9 Å². The number of nitrogens with one attached hydrogen (secondary N) is 2. The number of ether oxygens (including phenoxy) is 2. The largest absolute Gasteiger partial charge is 0.414 e. The number of hydrogen-bond acceptors (Lipinski definition) is 8. The molecule has 1 saturated heterocycles. The summed E-state index contributed by atoms with van der Waals surface area (Å²) in [6.45, 7) is 20.8.